The molecule has 1 N–H and O–H groups in total. The van der Waals surface area contributed by atoms with Crippen LogP contribution in [0, 0.1) is 0 Å². The summed E-state index contributed by atoms with van der Waals surface area (Å²) in [6, 6.07) is 7.48. The van der Waals surface area contributed by atoms with Gasteiger partial charge in [0.05, 0.1) is 11.7 Å². The van der Waals surface area contributed by atoms with Crippen molar-refractivity contribution in [3.05, 3.63) is 47.2 Å². The maximum Gasteiger partial charge on any atom is 0.303 e. The smallest absolute Gasteiger partial charge is 0.303 e. The summed E-state index contributed by atoms with van der Waals surface area (Å²) < 4.78 is 12.9. The molecule has 0 saturated carbocycles. The van der Waals surface area contributed by atoms with Crippen LogP contribution in [0.4, 0.5) is 0 Å². The van der Waals surface area contributed by atoms with Gasteiger partial charge in [-0.15, -0.1) is 0 Å². The molecule has 160 valence electrons. The van der Waals surface area contributed by atoms with Crippen LogP contribution < -0.4 is 4.74 Å². The lowest BCUT2D eigenvalue weighted by molar-refractivity contribution is -0.136. The maximum atomic E-state index is 10.9. The molecule has 3 heterocycles. The largest absolute Gasteiger partial charge is 0.481 e. The molecule has 0 bridgehead atoms. The Morgan fingerprint density at radius 3 is 2.81 bits per heavy atom. The van der Waals surface area contributed by atoms with Gasteiger partial charge in [-0.25, -0.2) is 4.98 Å². The van der Waals surface area contributed by atoms with Gasteiger partial charge in [0, 0.05) is 42.3 Å². The van der Waals surface area contributed by atoms with E-state index in [2.05, 4.69) is 15.1 Å². The molecule has 0 fully saturated rings. The predicted molar refractivity (Wildman–Crippen MR) is 116 cm³/mol. The number of pyridine rings is 1. The Hall–Kier alpha value is -3.39. The number of benzene rings is 1. The molecule has 4 rings (SSSR count). The molecule has 0 aliphatic rings. The molecular formula is C22H21ClN4O4. The van der Waals surface area contributed by atoms with Crippen molar-refractivity contribution in [1.29, 1.82) is 0 Å². The number of aromatic nitrogens is 4. The van der Waals surface area contributed by atoms with Crippen molar-refractivity contribution in [2.45, 2.75) is 32.8 Å². The molecule has 0 amide bonds. The third-order valence-electron chi connectivity index (χ3n) is 4.77. The van der Waals surface area contributed by atoms with Crippen LogP contribution >= 0.6 is 11.6 Å². The number of rotatable bonds is 7. The van der Waals surface area contributed by atoms with Gasteiger partial charge < -0.3 is 18.9 Å². The highest BCUT2D eigenvalue weighted by Crippen LogP contribution is 2.30. The lowest BCUT2D eigenvalue weighted by Gasteiger charge is -2.09. The first-order chi connectivity index (χ1) is 14.8. The molecule has 1 aromatic carbocycles. The number of halogens is 1. The Kier molecular flexibility index (Phi) is 5.65. The van der Waals surface area contributed by atoms with E-state index in [0.29, 0.717) is 34.6 Å². The number of carboxylic acid groups (broad SMARTS) is 1. The first-order valence-corrected chi connectivity index (χ1v) is 10.2. The second-order valence-electron chi connectivity index (χ2n) is 7.49. The van der Waals surface area contributed by atoms with Crippen molar-refractivity contribution in [2.75, 3.05) is 0 Å². The summed E-state index contributed by atoms with van der Waals surface area (Å²) in [6.07, 6.45) is 4.06. The molecule has 31 heavy (non-hydrogen) atoms. The summed E-state index contributed by atoms with van der Waals surface area (Å²) in [6.45, 7) is 3.80. The third kappa shape index (κ3) is 4.39. The molecule has 0 aliphatic heterocycles. The zero-order valence-corrected chi connectivity index (χ0v) is 18.1. The second kappa shape index (κ2) is 8.39. The van der Waals surface area contributed by atoms with Crippen LogP contribution in [0.1, 0.15) is 25.8 Å². The molecule has 8 nitrogen and oxygen atoms in total. The molecule has 0 radical (unpaired) electrons. The van der Waals surface area contributed by atoms with Crippen molar-refractivity contribution >= 4 is 28.5 Å². The van der Waals surface area contributed by atoms with Crippen LogP contribution in [-0.2, 0) is 18.3 Å². The molecular weight excluding hydrogens is 420 g/mol. The van der Waals surface area contributed by atoms with E-state index in [1.807, 2.05) is 49.9 Å². The van der Waals surface area contributed by atoms with Crippen molar-refractivity contribution in [1.82, 2.24) is 19.7 Å². The van der Waals surface area contributed by atoms with E-state index in [0.717, 1.165) is 22.0 Å². The molecule has 0 saturated heterocycles. The molecule has 0 unspecified atom stereocenters. The Labute approximate surface area is 183 Å². The van der Waals surface area contributed by atoms with E-state index < -0.39 is 5.97 Å². The number of aliphatic carboxylic acids is 1. The normalized spacial score (nSPS) is 11.4. The van der Waals surface area contributed by atoms with Gasteiger partial charge in [-0.3, -0.25) is 4.79 Å². The van der Waals surface area contributed by atoms with Crippen molar-refractivity contribution in [2.24, 2.45) is 7.05 Å². The highest BCUT2D eigenvalue weighted by Gasteiger charge is 2.16. The van der Waals surface area contributed by atoms with Gasteiger partial charge in [-0.1, -0.05) is 28.9 Å². The number of carboxylic acids is 1. The number of aryl methyl sites for hydroxylation is 2. The van der Waals surface area contributed by atoms with E-state index in [1.165, 1.54) is 0 Å². The standard InChI is InChI=1S/C22H21ClN4O4/c1-12(2)30-22-17(23)8-15(10-24-22)21-25-20(26-31-21)13-4-6-16-14(5-7-19(28)29)11-27(3)18(16)9-13/h4,6,8-12H,5,7H2,1-3H3,(H,28,29). The van der Waals surface area contributed by atoms with E-state index >= 15 is 0 Å². The van der Waals surface area contributed by atoms with E-state index in [1.54, 1.807) is 12.3 Å². The van der Waals surface area contributed by atoms with Crippen molar-refractivity contribution in [3.63, 3.8) is 0 Å². The SMILES string of the molecule is CC(C)Oc1ncc(-c2nc(-c3ccc4c(CCC(=O)O)cn(C)c4c3)no2)cc1Cl. The van der Waals surface area contributed by atoms with Gasteiger partial charge >= 0.3 is 5.97 Å². The zero-order valence-electron chi connectivity index (χ0n) is 17.3. The van der Waals surface area contributed by atoms with Gasteiger partial charge in [0.2, 0.25) is 11.7 Å². The minimum absolute atomic E-state index is 0.0390. The molecule has 0 spiro atoms. The Morgan fingerprint density at radius 1 is 1.29 bits per heavy atom. The van der Waals surface area contributed by atoms with E-state index in [9.17, 15) is 4.79 Å². The highest BCUT2D eigenvalue weighted by molar-refractivity contribution is 6.32. The number of hydrogen-bond acceptors (Lipinski definition) is 6. The van der Waals surface area contributed by atoms with Crippen LogP contribution in [0.5, 0.6) is 5.88 Å². The second-order valence-corrected chi connectivity index (χ2v) is 7.90. The van der Waals surface area contributed by atoms with Gasteiger partial charge in [0.15, 0.2) is 0 Å². The Bertz CT molecular complexity index is 1260. The number of carbonyl (C=O) groups is 1. The maximum absolute atomic E-state index is 10.9. The monoisotopic (exact) mass is 440 g/mol. The van der Waals surface area contributed by atoms with Crippen molar-refractivity contribution in [3.8, 4) is 28.7 Å². The average Bonchev–Trinajstić information content (AvgIpc) is 3.33. The average molecular weight is 441 g/mol. The number of fused-ring (bicyclic) bond motifs is 1. The van der Waals surface area contributed by atoms with E-state index in [4.69, 9.17) is 26.0 Å². The third-order valence-corrected chi connectivity index (χ3v) is 5.04. The van der Waals surface area contributed by atoms with Gasteiger partial charge in [0.1, 0.15) is 5.02 Å². The summed E-state index contributed by atoms with van der Waals surface area (Å²) in [4.78, 5) is 19.6. The summed E-state index contributed by atoms with van der Waals surface area (Å²) in [5.41, 5.74) is 3.33. The van der Waals surface area contributed by atoms with Crippen LogP contribution in [-0.4, -0.2) is 36.9 Å². The fourth-order valence-electron chi connectivity index (χ4n) is 3.36. The lowest BCUT2D eigenvalue weighted by Crippen LogP contribution is -2.07. The molecule has 4 aromatic rings. The Balaban J connectivity index is 1.62. The van der Waals surface area contributed by atoms with Gasteiger partial charge in [-0.05, 0) is 38.0 Å². The summed E-state index contributed by atoms with van der Waals surface area (Å²) in [5.74, 6) is 0.276. The minimum atomic E-state index is -0.814. The molecule has 0 aliphatic carbocycles. The Morgan fingerprint density at radius 2 is 2.10 bits per heavy atom. The fourth-order valence-corrected chi connectivity index (χ4v) is 3.57. The van der Waals surface area contributed by atoms with Crippen LogP contribution in [0.25, 0.3) is 33.7 Å². The quantitative estimate of drug-likeness (QED) is 0.442. The van der Waals surface area contributed by atoms with Crippen LogP contribution in [0.2, 0.25) is 5.02 Å². The van der Waals surface area contributed by atoms with E-state index in [-0.39, 0.29) is 12.5 Å². The lowest BCUT2D eigenvalue weighted by atomic mass is 10.1. The number of hydrogen-bond donors (Lipinski definition) is 1. The predicted octanol–water partition coefficient (Wildman–Crippen LogP) is 4.75. The van der Waals surface area contributed by atoms with Crippen LogP contribution in [0.3, 0.4) is 0 Å². The summed E-state index contributed by atoms with van der Waals surface area (Å²) in [7, 11) is 1.92. The van der Waals surface area contributed by atoms with Gasteiger partial charge in [0.25, 0.3) is 5.89 Å². The number of nitrogens with zero attached hydrogens (tertiary/aromatic N) is 4. The fraction of sp³-hybridized carbons (Fsp3) is 0.273. The topological polar surface area (TPSA) is 103 Å². The molecule has 0 atom stereocenters. The highest BCUT2D eigenvalue weighted by atomic mass is 35.5. The summed E-state index contributed by atoms with van der Waals surface area (Å²) >= 11 is 6.26. The molecule has 9 heteroatoms. The van der Waals surface area contributed by atoms with Gasteiger partial charge in [-0.2, -0.15) is 4.98 Å². The first kappa shape index (κ1) is 20.9. The number of ether oxygens (including phenoxy) is 1. The zero-order chi connectivity index (χ0) is 22.1. The minimum Gasteiger partial charge on any atom is -0.481 e. The summed E-state index contributed by atoms with van der Waals surface area (Å²) in [5, 5.41) is 14.4. The molecule has 3 aromatic heterocycles. The first-order valence-electron chi connectivity index (χ1n) is 9.78. The van der Waals surface area contributed by atoms with Crippen LogP contribution in [0.15, 0.2) is 41.2 Å². The van der Waals surface area contributed by atoms with Crippen molar-refractivity contribution < 1.29 is 19.2 Å².